The Bertz CT molecular complexity index is 238. The fraction of sp³-hybridized carbons (Fsp3) is 0.923. The van der Waals surface area contributed by atoms with Crippen LogP contribution in [0.25, 0.3) is 0 Å². The van der Waals surface area contributed by atoms with Crippen LogP contribution in [0.5, 0.6) is 0 Å². The molecule has 3 atom stereocenters. The van der Waals surface area contributed by atoms with Crippen molar-refractivity contribution in [3.63, 3.8) is 0 Å². The van der Waals surface area contributed by atoms with Crippen LogP contribution in [0.2, 0.25) is 0 Å². The molecule has 3 nitrogen and oxygen atoms in total. The first-order valence-corrected chi connectivity index (χ1v) is 6.70. The zero-order valence-electron chi connectivity index (χ0n) is 10.5. The molecule has 0 aromatic carbocycles. The van der Waals surface area contributed by atoms with Crippen LogP contribution < -0.4 is 5.32 Å². The van der Waals surface area contributed by atoms with Gasteiger partial charge in [-0.25, -0.2) is 0 Å². The van der Waals surface area contributed by atoms with E-state index in [1.807, 2.05) is 0 Å². The summed E-state index contributed by atoms with van der Waals surface area (Å²) < 4.78 is 0. The van der Waals surface area contributed by atoms with Gasteiger partial charge in [0.2, 0.25) is 5.91 Å². The first kappa shape index (κ1) is 11.9. The van der Waals surface area contributed by atoms with Crippen LogP contribution in [0.4, 0.5) is 0 Å². The van der Waals surface area contributed by atoms with E-state index >= 15 is 0 Å². The molecule has 0 radical (unpaired) electrons. The fourth-order valence-electron chi connectivity index (χ4n) is 3.15. The predicted octanol–water partition coefficient (Wildman–Crippen LogP) is 1.78. The molecular weight excluding hydrogens is 200 g/mol. The molecule has 0 spiro atoms. The summed E-state index contributed by atoms with van der Waals surface area (Å²) in [6.07, 6.45) is 5.55. The molecule has 1 amide bonds. The minimum atomic E-state index is 0.383. The van der Waals surface area contributed by atoms with E-state index in [2.05, 4.69) is 24.1 Å². The zero-order chi connectivity index (χ0) is 11.5. The van der Waals surface area contributed by atoms with E-state index in [1.165, 1.54) is 25.7 Å². The molecule has 2 fully saturated rings. The number of rotatable bonds is 2. The maximum Gasteiger partial charge on any atom is 0.223 e. The lowest BCUT2D eigenvalue weighted by Crippen LogP contribution is -2.48. The number of hydrogen-bond acceptors (Lipinski definition) is 2. The molecule has 16 heavy (non-hydrogen) atoms. The topological polar surface area (TPSA) is 32.3 Å². The van der Waals surface area contributed by atoms with Gasteiger partial charge in [-0.15, -0.1) is 0 Å². The third-order valence-electron chi connectivity index (χ3n) is 4.11. The molecule has 1 N–H and O–H groups in total. The average Bonchev–Trinajstić information content (AvgIpc) is 2.70. The second kappa shape index (κ2) is 5.17. The van der Waals surface area contributed by atoms with E-state index in [4.69, 9.17) is 0 Å². The summed E-state index contributed by atoms with van der Waals surface area (Å²) in [5, 5.41) is 3.33. The maximum absolute atomic E-state index is 12.3. The fourth-order valence-corrected chi connectivity index (χ4v) is 3.15. The molecule has 2 heterocycles. The van der Waals surface area contributed by atoms with Crippen molar-refractivity contribution in [3.8, 4) is 0 Å². The average molecular weight is 224 g/mol. The summed E-state index contributed by atoms with van der Waals surface area (Å²) >= 11 is 0. The number of piperidine rings is 1. The zero-order valence-corrected chi connectivity index (χ0v) is 10.5. The van der Waals surface area contributed by atoms with Gasteiger partial charge in [-0.05, 0) is 58.5 Å². The number of likely N-dealkylation sites (tertiary alicyclic amines) is 1. The molecule has 2 aliphatic rings. The van der Waals surface area contributed by atoms with Gasteiger partial charge in [0.25, 0.3) is 0 Å². The van der Waals surface area contributed by atoms with Crippen molar-refractivity contribution < 1.29 is 4.79 Å². The Morgan fingerprint density at radius 1 is 1.25 bits per heavy atom. The number of hydrogen-bond donors (Lipinski definition) is 1. The van der Waals surface area contributed by atoms with Gasteiger partial charge >= 0.3 is 0 Å². The molecule has 2 aliphatic heterocycles. The summed E-state index contributed by atoms with van der Waals surface area (Å²) in [4.78, 5) is 14.4. The largest absolute Gasteiger partial charge is 0.337 e. The van der Waals surface area contributed by atoms with Gasteiger partial charge in [-0.3, -0.25) is 4.79 Å². The number of carbonyl (C=O) groups excluding carboxylic acids is 1. The van der Waals surface area contributed by atoms with Crippen molar-refractivity contribution in [1.29, 1.82) is 0 Å². The molecule has 3 heteroatoms. The molecular formula is C13H24N2O. The Balaban J connectivity index is 1.90. The van der Waals surface area contributed by atoms with E-state index < -0.39 is 0 Å². The second-order valence-electron chi connectivity index (χ2n) is 5.49. The van der Waals surface area contributed by atoms with Gasteiger partial charge < -0.3 is 10.2 Å². The van der Waals surface area contributed by atoms with Gasteiger partial charge in [0, 0.05) is 18.5 Å². The van der Waals surface area contributed by atoms with Gasteiger partial charge in [0.15, 0.2) is 0 Å². The maximum atomic E-state index is 12.3. The quantitative estimate of drug-likeness (QED) is 0.775. The SMILES string of the molecule is CC1CCCC(C)N1C(=O)CC1CCNC1. The van der Waals surface area contributed by atoms with Crippen molar-refractivity contribution in [1.82, 2.24) is 10.2 Å². The standard InChI is InChI=1S/C13H24N2O/c1-10-4-3-5-11(2)15(10)13(16)8-12-6-7-14-9-12/h10-12,14H,3-9H2,1-2H3. The van der Waals surface area contributed by atoms with E-state index in [1.54, 1.807) is 0 Å². The Hall–Kier alpha value is -0.570. The van der Waals surface area contributed by atoms with E-state index in [-0.39, 0.29) is 0 Å². The van der Waals surface area contributed by atoms with Crippen LogP contribution >= 0.6 is 0 Å². The van der Waals surface area contributed by atoms with Gasteiger partial charge in [0.1, 0.15) is 0 Å². The summed E-state index contributed by atoms with van der Waals surface area (Å²) in [6.45, 7) is 6.51. The Labute approximate surface area is 98.6 Å². The lowest BCUT2D eigenvalue weighted by molar-refractivity contribution is -0.138. The molecule has 0 aliphatic carbocycles. The van der Waals surface area contributed by atoms with Crippen molar-refractivity contribution in [2.45, 2.75) is 58.0 Å². The molecule has 3 unspecified atom stereocenters. The number of carbonyl (C=O) groups is 1. The van der Waals surface area contributed by atoms with Crippen LogP contribution in [0.1, 0.15) is 46.0 Å². The smallest absolute Gasteiger partial charge is 0.223 e. The number of amides is 1. The highest BCUT2D eigenvalue weighted by atomic mass is 16.2. The van der Waals surface area contributed by atoms with Crippen LogP contribution in [0.3, 0.4) is 0 Å². The minimum Gasteiger partial charge on any atom is -0.337 e. The molecule has 92 valence electrons. The van der Waals surface area contributed by atoms with Crippen LogP contribution in [-0.4, -0.2) is 36.0 Å². The normalized spacial score (nSPS) is 35.4. The molecule has 0 saturated carbocycles. The van der Waals surface area contributed by atoms with Crippen LogP contribution in [0, 0.1) is 5.92 Å². The molecule has 0 aromatic heterocycles. The third kappa shape index (κ3) is 2.57. The lowest BCUT2D eigenvalue weighted by atomic mass is 9.95. The summed E-state index contributed by atoms with van der Waals surface area (Å²) in [7, 11) is 0. The highest BCUT2D eigenvalue weighted by Gasteiger charge is 2.30. The van der Waals surface area contributed by atoms with Crippen molar-refractivity contribution in [3.05, 3.63) is 0 Å². The summed E-state index contributed by atoms with van der Waals surface area (Å²) in [5.74, 6) is 0.960. The highest BCUT2D eigenvalue weighted by Crippen LogP contribution is 2.25. The highest BCUT2D eigenvalue weighted by molar-refractivity contribution is 5.77. The van der Waals surface area contributed by atoms with E-state index in [9.17, 15) is 4.79 Å². The van der Waals surface area contributed by atoms with Gasteiger partial charge in [-0.1, -0.05) is 0 Å². The Morgan fingerprint density at radius 3 is 2.50 bits per heavy atom. The van der Waals surface area contributed by atoms with E-state index in [0.717, 1.165) is 19.5 Å². The molecule has 2 rings (SSSR count). The monoisotopic (exact) mass is 224 g/mol. The predicted molar refractivity (Wildman–Crippen MR) is 65.2 cm³/mol. The van der Waals surface area contributed by atoms with Crippen molar-refractivity contribution in [2.24, 2.45) is 5.92 Å². The third-order valence-corrected chi connectivity index (χ3v) is 4.11. The van der Waals surface area contributed by atoms with Gasteiger partial charge in [0.05, 0.1) is 0 Å². The van der Waals surface area contributed by atoms with E-state index in [0.29, 0.717) is 23.9 Å². The Kier molecular flexibility index (Phi) is 3.85. The summed E-state index contributed by atoms with van der Waals surface area (Å²) in [5.41, 5.74) is 0. The summed E-state index contributed by atoms with van der Waals surface area (Å²) in [6, 6.07) is 0.899. The number of nitrogens with one attached hydrogen (secondary N) is 1. The number of nitrogens with zero attached hydrogens (tertiary/aromatic N) is 1. The lowest BCUT2D eigenvalue weighted by Gasteiger charge is -2.39. The van der Waals surface area contributed by atoms with Gasteiger partial charge in [-0.2, -0.15) is 0 Å². The van der Waals surface area contributed by atoms with Crippen LogP contribution in [-0.2, 0) is 4.79 Å². The first-order valence-electron chi connectivity index (χ1n) is 6.70. The molecule has 2 saturated heterocycles. The Morgan fingerprint density at radius 2 is 1.94 bits per heavy atom. The minimum absolute atomic E-state index is 0.383. The molecule has 0 bridgehead atoms. The van der Waals surface area contributed by atoms with Crippen LogP contribution in [0.15, 0.2) is 0 Å². The second-order valence-corrected chi connectivity index (χ2v) is 5.49. The molecule has 0 aromatic rings. The van der Waals surface area contributed by atoms with Crippen molar-refractivity contribution in [2.75, 3.05) is 13.1 Å². The van der Waals surface area contributed by atoms with Crippen molar-refractivity contribution >= 4 is 5.91 Å². The first-order chi connectivity index (χ1) is 7.68.